The van der Waals surface area contributed by atoms with Gasteiger partial charge in [0.05, 0.1) is 11.3 Å². The number of carboxylic acids is 1. The fraction of sp³-hybridized carbons (Fsp3) is 0.188. The van der Waals surface area contributed by atoms with Crippen LogP contribution in [-0.4, -0.2) is 25.2 Å². The zero-order valence-electron chi connectivity index (χ0n) is 12.4. The third kappa shape index (κ3) is 4.80. The van der Waals surface area contributed by atoms with Crippen LogP contribution < -0.4 is 4.72 Å². The number of sulfonamides is 1. The summed E-state index contributed by atoms with van der Waals surface area (Å²) < 4.78 is 27.4. The van der Waals surface area contributed by atoms with Gasteiger partial charge in [0.25, 0.3) is 0 Å². The Bertz CT molecular complexity index is 806. The van der Waals surface area contributed by atoms with E-state index in [4.69, 9.17) is 5.11 Å². The Morgan fingerprint density at radius 1 is 1.22 bits per heavy atom. The van der Waals surface area contributed by atoms with Crippen molar-refractivity contribution in [3.05, 3.63) is 64.1 Å². The molecule has 2 aromatic carbocycles. The van der Waals surface area contributed by atoms with Gasteiger partial charge in [-0.3, -0.25) is 4.72 Å². The monoisotopic (exact) mass is 397 g/mol. The van der Waals surface area contributed by atoms with Gasteiger partial charge in [0.2, 0.25) is 10.0 Å². The SMILES string of the molecule is C[C@@H](CS(=O)(=O)Nc1ccc(Br)c(C(=O)O)c1)c1ccccc1. The number of carboxylic acid groups (broad SMARTS) is 1. The molecule has 2 aromatic rings. The molecule has 122 valence electrons. The number of hydrogen-bond acceptors (Lipinski definition) is 3. The predicted octanol–water partition coefficient (Wildman–Crippen LogP) is 3.69. The number of carbonyl (C=O) groups is 1. The number of halogens is 1. The first-order chi connectivity index (χ1) is 10.8. The molecule has 2 rings (SSSR count). The lowest BCUT2D eigenvalue weighted by Gasteiger charge is -2.14. The fourth-order valence-electron chi connectivity index (χ4n) is 2.18. The summed E-state index contributed by atoms with van der Waals surface area (Å²) >= 11 is 3.12. The van der Waals surface area contributed by atoms with Gasteiger partial charge in [-0.05, 0) is 45.6 Å². The van der Waals surface area contributed by atoms with Crippen LogP contribution in [0, 0.1) is 0 Å². The van der Waals surface area contributed by atoms with Crippen molar-refractivity contribution in [2.24, 2.45) is 0 Å². The lowest BCUT2D eigenvalue weighted by molar-refractivity contribution is 0.0696. The summed E-state index contributed by atoms with van der Waals surface area (Å²) in [6.45, 7) is 1.83. The molecule has 2 N–H and O–H groups in total. The highest BCUT2D eigenvalue weighted by molar-refractivity contribution is 9.10. The first-order valence-corrected chi connectivity index (χ1v) is 9.31. The first-order valence-electron chi connectivity index (χ1n) is 6.87. The van der Waals surface area contributed by atoms with Crippen molar-refractivity contribution in [2.45, 2.75) is 12.8 Å². The molecule has 0 saturated heterocycles. The first kappa shape index (κ1) is 17.5. The van der Waals surface area contributed by atoms with Crippen LogP contribution >= 0.6 is 15.9 Å². The quantitative estimate of drug-likeness (QED) is 0.778. The normalized spacial score (nSPS) is 12.6. The Morgan fingerprint density at radius 3 is 2.48 bits per heavy atom. The lowest BCUT2D eigenvalue weighted by atomic mass is 10.0. The van der Waals surface area contributed by atoms with Crippen molar-refractivity contribution >= 4 is 37.6 Å². The van der Waals surface area contributed by atoms with Crippen molar-refractivity contribution in [3.63, 3.8) is 0 Å². The van der Waals surface area contributed by atoms with E-state index in [2.05, 4.69) is 20.7 Å². The molecule has 0 saturated carbocycles. The summed E-state index contributed by atoms with van der Waals surface area (Å²) in [5.74, 6) is -1.39. The van der Waals surface area contributed by atoms with Gasteiger partial charge in [-0.15, -0.1) is 0 Å². The molecule has 7 heteroatoms. The molecular weight excluding hydrogens is 382 g/mol. The summed E-state index contributed by atoms with van der Waals surface area (Å²) in [7, 11) is -3.60. The smallest absolute Gasteiger partial charge is 0.336 e. The third-order valence-electron chi connectivity index (χ3n) is 3.31. The summed E-state index contributed by atoms with van der Waals surface area (Å²) in [4.78, 5) is 11.1. The highest BCUT2D eigenvalue weighted by Crippen LogP contribution is 2.23. The molecule has 0 radical (unpaired) electrons. The van der Waals surface area contributed by atoms with Gasteiger partial charge >= 0.3 is 5.97 Å². The number of hydrogen-bond donors (Lipinski definition) is 2. The Morgan fingerprint density at radius 2 is 1.87 bits per heavy atom. The minimum Gasteiger partial charge on any atom is -0.478 e. The summed E-state index contributed by atoms with van der Waals surface area (Å²) in [6, 6.07) is 13.7. The van der Waals surface area contributed by atoms with Gasteiger partial charge in [-0.25, -0.2) is 13.2 Å². The maximum atomic E-state index is 12.3. The fourth-order valence-corrected chi connectivity index (χ4v) is 4.02. The van der Waals surface area contributed by atoms with Crippen LogP contribution in [0.4, 0.5) is 5.69 Å². The van der Waals surface area contributed by atoms with E-state index in [0.717, 1.165) is 5.56 Å². The summed E-state index contributed by atoms with van der Waals surface area (Å²) in [5.41, 5.74) is 1.16. The molecule has 0 aliphatic carbocycles. The maximum absolute atomic E-state index is 12.3. The van der Waals surface area contributed by atoms with Crippen molar-refractivity contribution < 1.29 is 18.3 Å². The zero-order chi connectivity index (χ0) is 17.0. The molecule has 1 atom stereocenters. The summed E-state index contributed by atoms with van der Waals surface area (Å²) in [5, 5.41) is 9.08. The minimum absolute atomic E-state index is 0.00121. The molecule has 0 aliphatic heterocycles. The highest BCUT2D eigenvalue weighted by atomic mass is 79.9. The Balaban J connectivity index is 2.15. The Kier molecular flexibility index (Phi) is 5.43. The number of benzene rings is 2. The van der Waals surface area contributed by atoms with Crippen LogP contribution in [-0.2, 0) is 10.0 Å². The third-order valence-corrected chi connectivity index (χ3v) is 5.49. The average molecular weight is 398 g/mol. The van der Waals surface area contributed by atoms with Crippen molar-refractivity contribution in [2.75, 3.05) is 10.5 Å². The van der Waals surface area contributed by atoms with E-state index in [-0.39, 0.29) is 22.9 Å². The second-order valence-electron chi connectivity index (χ2n) is 5.19. The molecule has 0 aliphatic rings. The average Bonchev–Trinajstić information content (AvgIpc) is 2.49. The molecule has 23 heavy (non-hydrogen) atoms. The molecule has 0 spiro atoms. The van der Waals surface area contributed by atoms with Crippen LogP contribution in [0.5, 0.6) is 0 Å². The van der Waals surface area contributed by atoms with E-state index in [9.17, 15) is 13.2 Å². The summed E-state index contributed by atoms with van der Waals surface area (Å²) in [6.07, 6.45) is 0. The van der Waals surface area contributed by atoms with E-state index in [1.165, 1.54) is 18.2 Å². The van der Waals surface area contributed by atoms with Gasteiger partial charge < -0.3 is 5.11 Å². The highest BCUT2D eigenvalue weighted by Gasteiger charge is 2.18. The van der Waals surface area contributed by atoms with Crippen LogP contribution in [0.15, 0.2) is 53.0 Å². The molecule has 0 aromatic heterocycles. The van der Waals surface area contributed by atoms with Gasteiger partial charge in [-0.2, -0.15) is 0 Å². The topological polar surface area (TPSA) is 83.5 Å². The van der Waals surface area contributed by atoms with Crippen molar-refractivity contribution in [1.29, 1.82) is 0 Å². The number of nitrogens with one attached hydrogen (secondary N) is 1. The molecule has 0 heterocycles. The second kappa shape index (κ2) is 7.14. The number of anilines is 1. The van der Waals surface area contributed by atoms with Crippen LogP contribution in [0.3, 0.4) is 0 Å². The molecule has 0 unspecified atom stereocenters. The zero-order valence-corrected chi connectivity index (χ0v) is 14.8. The molecule has 0 bridgehead atoms. The molecule has 5 nitrogen and oxygen atoms in total. The van der Waals surface area contributed by atoms with E-state index in [0.29, 0.717) is 4.47 Å². The second-order valence-corrected chi connectivity index (χ2v) is 7.82. The minimum atomic E-state index is -3.60. The molecule has 0 amide bonds. The van der Waals surface area contributed by atoms with E-state index in [1.807, 2.05) is 37.3 Å². The predicted molar refractivity (Wildman–Crippen MR) is 93.4 cm³/mol. The van der Waals surface area contributed by atoms with Gasteiger partial charge in [0.15, 0.2) is 0 Å². The van der Waals surface area contributed by atoms with Gasteiger partial charge in [-0.1, -0.05) is 37.3 Å². The van der Waals surface area contributed by atoms with Crippen molar-refractivity contribution in [3.8, 4) is 0 Å². The van der Waals surface area contributed by atoms with Crippen LogP contribution in [0.1, 0.15) is 28.8 Å². The maximum Gasteiger partial charge on any atom is 0.336 e. The number of aromatic carboxylic acids is 1. The van der Waals surface area contributed by atoms with Gasteiger partial charge in [0, 0.05) is 10.2 Å². The number of rotatable bonds is 6. The van der Waals surface area contributed by atoms with Crippen LogP contribution in [0.2, 0.25) is 0 Å². The Labute approximate surface area is 143 Å². The van der Waals surface area contributed by atoms with Gasteiger partial charge in [0.1, 0.15) is 0 Å². The largest absolute Gasteiger partial charge is 0.478 e. The molecular formula is C16H16BrNO4S. The lowest BCUT2D eigenvalue weighted by Crippen LogP contribution is -2.20. The van der Waals surface area contributed by atoms with Crippen molar-refractivity contribution in [1.82, 2.24) is 0 Å². The van der Waals surface area contributed by atoms with Crippen LogP contribution in [0.25, 0.3) is 0 Å². The van der Waals surface area contributed by atoms with E-state index < -0.39 is 16.0 Å². The van der Waals surface area contributed by atoms with E-state index >= 15 is 0 Å². The molecule has 0 fully saturated rings. The van der Waals surface area contributed by atoms with E-state index in [1.54, 1.807) is 0 Å². The Hall–Kier alpha value is -1.86. The standard InChI is InChI=1S/C16H16BrNO4S/c1-11(12-5-3-2-4-6-12)10-23(21,22)18-13-7-8-15(17)14(9-13)16(19)20/h2-9,11,18H,10H2,1H3,(H,19,20)/t11-/m0/s1.